The highest BCUT2D eigenvalue weighted by Gasteiger charge is 2.29. The number of nitrogens with two attached hydrogens (primary N) is 1. The summed E-state index contributed by atoms with van der Waals surface area (Å²) in [6.07, 6.45) is 4.92. The zero-order valence-electron chi connectivity index (χ0n) is 15.5. The van der Waals surface area contributed by atoms with Gasteiger partial charge in [-0.2, -0.15) is 0 Å². The lowest BCUT2D eigenvalue weighted by Gasteiger charge is -2.36. The highest BCUT2D eigenvalue weighted by atomic mass is 15.1. The summed E-state index contributed by atoms with van der Waals surface area (Å²) in [5.74, 6) is 1.97. The molecule has 1 aliphatic rings. The molecule has 132 valence electrons. The summed E-state index contributed by atoms with van der Waals surface area (Å²) in [5, 5.41) is 1.40. The molecule has 1 atom stereocenters. The van der Waals surface area contributed by atoms with E-state index in [1.165, 1.54) is 48.9 Å². The molecule has 0 saturated carbocycles. The van der Waals surface area contributed by atoms with E-state index in [4.69, 9.17) is 5.73 Å². The molecule has 1 aromatic heterocycles. The number of rotatable bonds is 6. The number of fused-ring (bicyclic) bond motifs is 1. The van der Waals surface area contributed by atoms with Gasteiger partial charge in [0.2, 0.25) is 0 Å². The summed E-state index contributed by atoms with van der Waals surface area (Å²) >= 11 is 0. The van der Waals surface area contributed by atoms with Crippen LogP contribution in [0.5, 0.6) is 0 Å². The van der Waals surface area contributed by atoms with Crippen molar-refractivity contribution in [1.29, 1.82) is 0 Å². The summed E-state index contributed by atoms with van der Waals surface area (Å²) in [6.45, 7) is 12.3. The van der Waals surface area contributed by atoms with Gasteiger partial charge < -0.3 is 15.2 Å². The van der Waals surface area contributed by atoms with Crippen molar-refractivity contribution >= 4 is 10.9 Å². The van der Waals surface area contributed by atoms with Crippen LogP contribution in [0.4, 0.5) is 0 Å². The molecule has 3 heteroatoms. The Balaban J connectivity index is 1.80. The lowest BCUT2D eigenvalue weighted by atomic mass is 9.80. The second-order valence-corrected chi connectivity index (χ2v) is 7.76. The third-order valence-corrected chi connectivity index (χ3v) is 5.64. The van der Waals surface area contributed by atoms with E-state index < -0.39 is 0 Å². The predicted molar refractivity (Wildman–Crippen MR) is 103 cm³/mol. The van der Waals surface area contributed by atoms with Gasteiger partial charge in [-0.15, -0.1) is 0 Å². The molecule has 1 aliphatic heterocycles. The minimum absolute atomic E-state index is 0.490. The maximum Gasteiger partial charge on any atom is 0.0483 e. The number of aryl methyl sites for hydroxylation is 1. The number of piperidine rings is 1. The van der Waals surface area contributed by atoms with Gasteiger partial charge in [0.05, 0.1) is 0 Å². The molecular weight excluding hydrogens is 294 g/mol. The Morgan fingerprint density at radius 1 is 1.17 bits per heavy atom. The van der Waals surface area contributed by atoms with Crippen LogP contribution >= 0.6 is 0 Å². The molecule has 24 heavy (non-hydrogen) atoms. The molecule has 3 rings (SSSR count). The molecule has 0 aliphatic carbocycles. The first-order chi connectivity index (χ1) is 11.6. The fourth-order valence-corrected chi connectivity index (χ4v) is 4.46. The first-order valence-electron chi connectivity index (χ1n) is 9.64. The van der Waals surface area contributed by atoms with Crippen LogP contribution < -0.4 is 5.73 Å². The van der Waals surface area contributed by atoms with Crippen LogP contribution in [0.15, 0.2) is 30.5 Å². The number of likely N-dealkylation sites (tertiary alicyclic amines) is 1. The van der Waals surface area contributed by atoms with Crippen molar-refractivity contribution in [2.75, 3.05) is 26.2 Å². The number of hydrogen-bond acceptors (Lipinski definition) is 2. The third-order valence-electron chi connectivity index (χ3n) is 5.64. The van der Waals surface area contributed by atoms with E-state index in [9.17, 15) is 0 Å². The highest BCUT2D eigenvalue weighted by Crippen LogP contribution is 2.36. The monoisotopic (exact) mass is 327 g/mol. The molecule has 0 amide bonds. The van der Waals surface area contributed by atoms with Gasteiger partial charge >= 0.3 is 0 Å². The maximum atomic E-state index is 6.27. The number of para-hydroxylation sites is 1. The molecule has 0 radical (unpaired) electrons. The zero-order valence-corrected chi connectivity index (χ0v) is 15.5. The van der Waals surface area contributed by atoms with Crippen LogP contribution in [0.2, 0.25) is 0 Å². The van der Waals surface area contributed by atoms with E-state index in [1.807, 2.05) is 0 Å². The van der Waals surface area contributed by atoms with Crippen molar-refractivity contribution in [1.82, 2.24) is 9.47 Å². The summed E-state index contributed by atoms with van der Waals surface area (Å²) in [5.41, 5.74) is 9.09. The molecule has 1 fully saturated rings. The van der Waals surface area contributed by atoms with Crippen molar-refractivity contribution in [3.8, 4) is 0 Å². The van der Waals surface area contributed by atoms with Gasteiger partial charge in [0.1, 0.15) is 0 Å². The van der Waals surface area contributed by atoms with Crippen molar-refractivity contribution in [3.63, 3.8) is 0 Å². The number of benzene rings is 1. The first kappa shape index (κ1) is 17.5. The first-order valence-corrected chi connectivity index (χ1v) is 9.64. The van der Waals surface area contributed by atoms with E-state index >= 15 is 0 Å². The van der Waals surface area contributed by atoms with Crippen molar-refractivity contribution in [2.45, 2.75) is 46.1 Å². The largest absolute Gasteiger partial charge is 0.347 e. The minimum Gasteiger partial charge on any atom is -0.347 e. The summed E-state index contributed by atoms with van der Waals surface area (Å²) in [7, 11) is 0. The molecule has 1 aromatic carbocycles. The Kier molecular flexibility index (Phi) is 5.62. The number of nitrogens with zero attached hydrogens (tertiary/aromatic N) is 2. The van der Waals surface area contributed by atoms with E-state index in [1.54, 1.807) is 0 Å². The molecule has 2 heterocycles. The van der Waals surface area contributed by atoms with Crippen LogP contribution in [0.1, 0.15) is 45.1 Å². The van der Waals surface area contributed by atoms with Crippen molar-refractivity contribution in [3.05, 3.63) is 36.0 Å². The summed E-state index contributed by atoms with van der Waals surface area (Å²) in [4.78, 5) is 2.63. The van der Waals surface area contributed by atoms with Gasteiger partial charge in [-0.25, -0.2) is 0 Å². The Labute approximate surface area is 146 Å². The van der Waals surface area contributed by atoms with E-state index in [-0.39, 0.29) is 0 Å². The van der Waals surface area contributed by atoms with Crippen LogP contribution in [0.3, 0.4) is 0 Å². The smallest absolute Gasteiger partial charge is 0.0483 e. The van der Waals surface area contributed by atoms with Gasteiger partial charge in [-0.1, -0.05) is 32.0 Å². The molecule has 2 N–H and O–H groups in total. The standard InChI is InChI=1S/C21H33N3/c1-4-24-15-20(18-7-5-6-8-21(18)24)19(13-22)17-9-11-23(12-10-17)14-16(2)3/h5-8,15-17,19H,4,9-14,22H2,1-3H3. The minimum atomic E-state index is 0.490. The quantitative estimate of drug-likeness (QED) is 0.868. The molecule has 2 aromatic rings. The SMILES string of the molecule is CCn1cc(C(CN)C2CCN(CC(C)C)CC2)c2ccccc21. The summed E-state index contributed by atoms with van der Waals surface area (Å²) in [6, 6.07) is 8.80. The molecule has 1 unspecified atom stereocenters. The van der Waals surface area contributed by atoms with Gasteiger partial charge in [-0.3, -0.25) is 0 Å². The third kappa shape index (κ3) is 3.52. The van der Waals surface area contributed by atoms with E-state index in [2.05, 4.69) is 60.7 Å². The highest BCUT2D eigenvalue weighted by molar-refractivity contribution is 5.84. The normalized spacial score (nSPS) is 18.5. The topological polar surface area (TPSA) is 34.2 Å². The van der Waals surface area contributed by atoms with Crippen LogP contribution in [-0.4, -0.2) is 35.6 Å². The van der Waals surface area contributed by atoms with Crippen molar-refractivity contribution < 1.29 is 0 Å². The second kappa shape index (κ2) is 7.71. The van der Waals surface area contributed by atoms with Crippen LogP contribution in [0.25, 0.3) is 10.9 Å². The van der Waals surface area contributed by atoms with Crippen LogP contribution in [0, 0.1) is 11.8 Å². The van der Waals surface area contributed by atoms with Gasteiger partial charge in [-0.05, 0) is 62.9 Å². The lowest BCUT2D eigenvalue weighted by Crippen LogP contribution is -2.38. The van der Waals surface area contributed by atoms with Crippen molar-refractivity contribution in [2.24, 2.45) is 17.6 Å². The Morgan fingerprint density at radius 3 is 2.50 bits per heavy atom. The molecule has 3 nitrogen and oxygen atoms in total. The number of aromatic nitrogens is 1. The van der Waals surface area contributed by atoms with Gasteiger partial charge in [0.25, 0.3) is 0 Å². The molecule has 0 spiro atoms. The average Bonchev–Trinajstić information content (AvgIpc) is 2.95. The van der Waals surface area contributed by atoms with Gasteiger partial charge in [0.15, 0.2) is 0 Å². The van der Waals surface area contributed by atoms with E-state index in [0.717, 1.165) is 24.9 Å². The molecular formula is C21H33N3. The predicted octanol–water partition coefficient (Wildman–Crippen LogP) is 4.07. The Bertz CT molecular complexity index is 650. The fourth-order valence-electron chi connectivity index (χ4n) is 4.46. The molecule has 1 saturated heterocycles. The Hall–Kier alpha value is -1.32. The number of hydrogen-bond donors (Lipinski definition) is 1. The average molecular weight is 328 g/mol. The zero-order chi connectivity index (χ0) is 17.1. The summed E-state index contributed by atoms with van der Waals surface area (Å²) < 4.78 is 2.38. The fraction of sp³-hybridized carbons (Fsp3) is 0.619. The lowest BCUT2D eigenvalue weighted by molar-refractivity contribution is 0.155. The maximum absolute atomic E-state index is 6.27. The molecule has 0 bridgehead atoms. The van der Waals surface area contributed by atoms with E-state index in [0.29, 0.717) is 5.92 Å². The van der Waals surface area contributed by atoms with Crippen LogP contribution in [-0.2, 0) is 6.54 Å². The Morgan fingerprint density at radius 2 is 1.88 bits per heavy atom. The second-order valence-electron chi connectivity index (χ2n) is 7.76. The van der Waals surface area contributed by atoms with Gasteiger partial charge in [0, 0.05) is 36.1 Å².